The van der Waals surface area contributed by atoms with E-state index >= 15 is 0 Å². The number of rotatable bonds is 8. The Hall–Kier alpha value is -1.56. The molecule has 27 heavy (non-hydrogen) atoms. The normalized spacial score (nSPS) is 21.7. The maximum Gasteiger partial charge on any atom is 0.223 e. The summed E-state index contributed by atoms with van der Waals surface area (Å²) in [6.07, 6.45) is 5.13. The Labute approximate surface area is 168 Å². The Kier molecular flexibility index (Phi) is 9.11. The highest BCUT2D eigenvalue weighted by atomic mass is 32.1. The predicted octanol–water partition coefficient (Wildman–Crippen LogP) is 3.57. The number of hydrogen-bond acceptors (Lipinski definition) is 3. The molecule has 0 spiro atoms. The van der Waals surface area contributed by atoms with E-state index in [0.29, 0.717) is 12.0 Å². The van der Waals surface area contributed by atoms with E-state index < -0.39 is 0 Å². The minimum absolute atomic E-state index is 0.110. The Morgan fingerprint density at radius 1 is 1.33 bits per heavy atom. The van der Waals surface area contributed by atoms with Gasteiger partial charge in [0.05, 0.1) is 0 Å². The lowest BCUT2D eigenvalue weighted by molar-refractivity contribution is -0.126. The number of aliphatic imine (C=N–C) groups is 1. The molecule has 1 aliphatic carbocycles. The average molecular weight is 393 g/mol. The van der Waals surface area contributed by atoms with Crippen molar-refractivity contribution in [2.24, 2.45) is 16.8 Å². The zero-order chi connectivity index (χ0) is 19.6. The minimum atomic E-state index is 0.110. The number of nitrogens with zero attached hydrogens (tertiary/aromatic N) is 1. The number of guanidine groups is 1. The molecule has 1 amide bonds. The molecule has 1 aromatic rings. The highest BCUT2D eigenvalue weighted by Gasteiger charge is 2.28. The smallest absolute Gasteiger partial charge is 0.223 e. The number of carbonyl (C=O) groups is 1. The third-order valence-electron chi connectivity index (χ3n) is 4.85. The monoisotopic (exact) mass is 392 g/mol. The van der Waals surface area contributed by atoms with Gasteiger partial charge in [0.15, 0.2) is 5.96 Å². The van der Waals surface area contributed by atoms with Gasteiger partial charge in [-0.25, -0.2) is 0 Å². The number of hydrogen-bond donors (Lipinski definition) is 3. The average Bonchev–Trinajstić information content (AvgIpc) is 3.12. The first kappa shape index (κ1) is 21.7. The van der Waals surface area contributed by atoms with E-state index in [1.807, 2.05) is 25.2 Å². The lowest BCUT2D eigenvalue weighted by Crippen LogP contribution is -2.47. The molecule has 1 heterocycles. The minimum Gasteiger partial charge on any atom is -0.357 e. The summed E-state index contributed by atoms with van der Waals surface area (Å²) in [6, 6.07) is 4.82. The Morgan fingerprint density at radius 3 is 2.81 bits per heavy atom. The first-order valence-electron chi connectivity index (χ1n) is 10.4. The summed E-state index contributed by atoms with van der Waals surface area (Å²) >= 11 is 1.81. The molecule has 3 N–H and O–H groups in total. The standard InChI is InChI=1S/C21H36N4OS/c1-5-22-21(23-14-16(4)12-19-10-7-11-27-19)25-18-9-6-8-17(13-18)20(26)24-15(2)3/h7,10-11,15-18H,5-6,8-9,12-14H2,1-4H3,(H,24,26)(H2,22,23,25). The predicted molar refractivity (Wildman–Crippen MR) is 115 cm³/mol. The van der Waals surface area contributed by atoms with Gasteiger partial charge in [-0.05, 0) is 63.8 Å². The van der Waals surface area contributed by atoms with E-state index in [4.69, 9.17) is 4.99 Å². The molecule has 0 bridgehead atoms. The Bertz CT molecular complexity index is 585. The van der Waals surface area contributed by atoms with Crippen LogP contribution in [0.5, 0.6) is 0 Å². The Balaban J connectivity index is 1.87. The van der Waals surface area contributed by atoms with E-state index in [1.165, 1.54) is 4.88 Å². The molecule has 1 aliphatic rings. The summed E-state index contributed by atoms with van der Waals surface area (Å²) in [5, 5.41) is 12.1. The van der Waals surface area contributed by atoms with Gasteiger partial charge in [-0.2, -0.15) is 0 Å². The molecule has 1 fully saturated rings. The van der Waals surface area contributed by atoms with Gasteiger partial charge in [-0.1, -0.05) is 19.4 Å². The SMILES string of the molecule is CCNC(=NCC(C)Cc1cccs1)NC1CCCC(C(=O)NC(C)C)C1. The molecule has 3 unspecified atom stereocenters. The molecule has 2 rings (SSSR count). The number of amides is 1. The fourth-order valence-electron chi connectivity index (χ4n) is 3.56. The van der Waals surface area contributed by atoms with E-state index in [-0.39, 0.29) is 17.9 Å². The molecule has 5 nitrogen and oxygen atoms in total. The number of carbonyl (C=O) groups excluding carboxylic acids is 1. The van der Waals surface area contributed by atoms with Crippen LogP contribution >= 0.6 is 11.3 Å². The lowest BCUT2D eigenvalue weighted by Gasteiger charge is -2.30. The molecular weight excluding hydrogens is 356 g/mol. The Morgan fingerprint density at radius 2 is 2.15 bits per heavy atom. The van der Waals surface area contributed by atoms with E-state index in [2.05, 4.69) is 47.3 Å². The molecule has 0 aliphatic heterocycles. The second-order valence-electron chi connectivity index (χ2n) is 7.98. The molecule has 0 radical (unpaired) electrons. The zero-order valence-electron chi connectivity index (χ0n) is 17.3. The van der Waals surface area contributed by atoms with Crippen LogP contribution in [0.2, 0.25) is 0 Å². The van der Waals surface area contributed by atoms with Crippen LogP contribution in [-0.2, 0) is 11.2 Å². The fourth-order valence-corrected chi connectivity index (χ4v) is 4.43. The third-order valence-corrected chi connectivity index (χ3v) is 5.75. The van der Waals surface area contributed by atoms with Crippen molar-refractivity contribution in [2.45, 2.75) is 71.9 Å². The van der Waals surface area contributed by atoms with Crippen molar-refractivity contribution in [2.75, 3.05) is 13.1 Å². The van der Waals surface area contributed by atoms with Crippen molar-refractivity contribution in [3.8, 4) is 0 Å². The van der Waals surface area contributed by atoms with Crippen molar-refractivity contribution in [3.63, 3.8) is 0 Å². The topological polar surface area (TPSA) is 65.5 Å². The highest BCUT2D eigenvalue weighted by Crippen LogP contribution is 2.24. The molecule has 3 atom stereocenters. The maximum atomic E-state index is 12.3. The number of thiophene rings is 1. The molecule has 0 saturated heterocycles. The van der Waals surface area contributed by atoms with Gasteiger partial charge in [-0.3, -0.25) is 9.79 Å². The van der Waals surface area contributed by atoms with Crippen molar-refractivity contribution in [1.29, 1.82) is 0 Å². The summed E-state index contributed by atoms with van der Waals surface area (Å²) < 4.78 is 0. The largest absolute Gasteiger partial charge is 0.357 e. The summed E-state index contributed by atoms with van der Waals surface area (Å²) in [5.74, 6) is 1.70. The molecule has 1 aromatic heterocycles. The molecule has 152 valence electrons. The summed E-state index contributed by atoms with van der Waals surface area (Å²) in [5.41, 5.74) is 0. The van der Waals surface area contributed by atoms with E-state index in [1.54, 1.807) is 0 Å². The fraction of sp³-hybridized carbons (Fsp3) is 0.714. The van der Waals surface area contributed by atoms with Gasteiger partial charge in [0.1, 0.15) is 0 Å². The summed E-state index contributed by atoms with van der Waals surface area (Å²) in [6.45, 7) is 10.0. The van der Waals surface area contributed by atoms with Gasteiger partial charge in [0, 0.05) is 36.0 Å². The van der Waals surface area contributed by atoms with Crippen molar-refractivity contribution < 1.29 is 4.79 Å². The van der Waals surface area contributed by atoms with Crippen LogP contribution < -0.4 is 16.0 Å². The van der Waals surface area contributed by atoms with Crippen LogP contribution in [0, 0.1) is 11.8 Å². The first-order chi connectivity index (χ1) is 13.0. The molecule has 1 saturated carbocycles. The second kappa shape index (κ2) is 11.3. The van der Waals surface area contributed by atoms with Crippen molar-refractivity contribution in [1.82, 2.24) is 16.0 Å². The molecule has 6 heteroatoms. The molecular formula is C21H36N4OS. The van der Waals surface area contributed by atoms with Crippen LogP contribution in [0.4, 0.5) is 0 Å². The van der Waals surface area contributed by atoms with Crippen LogP contribution in [0.25, 0.3) is 0 Å². The van der Waals surface area contributed by atoms with Crippen molar-refractivity contribution in [3.05, 3.63) is 22.4 Å². The van der Waals surface area contributed by atoms with E-state index in [0.717, 1.165) is 51.2 Å². The summed E-state index contributed by atoms with van der Waals surface area (Å²) in [4.78, 5) is 18.6. The van der Waals surface area contributed by atoms with Gasteiger partial charge >= 0.3 is 0 Å². The van der Waals surface area contributed by atoms with Crippen LogP contribution in [0.3, 0.4) is 0 Å². The van der Waals surface area contributed by atoms with Crippen LogP contribution in [0.15, 0.2) is 22.5 Å². The highest BCUT2D eigenvalue weighted by molar-refractivity contribution is 7.09. The quantitative estimate of drug-likeness (QED) is 0.468. The third kappa shape index (κ3) is 7.91. The first-order valence-corrected chi connectivity index (χ1v) is 11.2. The van der Waals surface area contributed by atoms with Gasteiger partial charge < -0.3 is 16.0 Å². The van der Waals surface area contributed by atoms with Gasteiger partial charge in [0.2, 0.25) is 5.91 Å². The van der Waals surface area contributed by atoms with Crippen LogP contribution in [0.1, 0.15) is 58.3 Å². The van der Waals surface area contributed by atoms with Gasteiger partial charge in [0.25, 0.3) is 0 Å². The van der Waals surface area contributed by atoms with E-state index in [9.17, 15) is 4.79 Å². The molecule has 0 aromatic carbocycles. The zero-order valence-corrected chi connectivity index (χ0v) is 18.1. The lowest BCUT2D eigenvalue weighted by atomic mass is 9.85. The summed E-state index contributed by atoms with van der Waals surface area (Å²) in [7, 11) is 0. The van der Waals surface area contributed by atoms with Crippen LogP contribution in [-0.4, -0.2) is 37.0 Å². The van der Waals surface area contributed by atoms with Crippen molar-refractivity contribution >= 4 is 23.2 Å². The maximum absolute atomic E-state index is 12.3. The second-order valence-corrected chi connectivity index (χ2v) is 9.01. The van der Waals surface area contributed by atoms with Gasteiger partial charge in [-0.15, -0.1) is 11.3 Å². The number of nitrogens with one attached hydrogen (secondary N) is 3.